The van der Waals surface area contributed by atoms with E-state index < -0.39 is 10.0 Å². The fourth-order valence-corrected chi connectivity index (χ4v) is 3.67. The molecule has 0 unspecified atom stereocenters. The highest BCUT2D eigenvalue weighted by molar-refractivity contribution is 14.1. The summed E-state index contributed by atoms with van der Waals surface area (Å²) in [6, 6.07) is 5.75. The zero-order valence-corrected chi connectivity index (χ0v) is 14.8. The smallest absolute Gasteiger partial charge is 0.263 e. The Hall–Kier alpha value is -0.280. The molecule has 0 atom stereocenters. The van der Waals surface area contributed by atoms with Crippen molar-refractivity contribution in [3.8, 4) is 0 Å². The van der Waals surface area contributed by atoms with E-state index in [1.165, 1.54) is 18.3 Å². The van der Waals surface area contributed by atoms with Crippen LogP contribution >= 0.6 is 57.4 Å². The van der Waals surface area contributed by atoms with Gasteiger partial charge in [0.15, 0.2) is 0 Å². The van der Waals surface area contributed by atoms with Gasteiger partial charge in [0.1, 0.15) is 10.7 Å². The average molecular weight is 464 g/mol. The van der Waals surface area contributed by atoms with Crippen LogP contribution in [0.1, 0.15) is 0 Å². The minimum absolute atomic E-state index is 0.0163. The van der Waals surface area contributed by atoms with E-state index in [1.807, 2.05) is 0 Å². The first-order valence-corrected chi connectivity index (χ1v) is 8.78. The number of benzene rings is 1. The minimum Gasteiger partial charge on any atom is -0.263 e. The molecule has 9 heteroatoms. The van der Waals surface area contributed by atoms with E-state index in [-0.39, 0.29) is 25.8 Å². The number of anilines is 1. The summed E-state index contributed by atoms with van der Waals surface area (Å²) in [6.45, 7) is 0. The maximum atomic E-state index is 12.2. The van der Waals surface area contributed by atoms with E-state index in [9.17, 15) is 8.42 Å². The molecular formula is C11H6Cl3IN2O2S. The van der Waals surface area contributed by atoms with Crippen molar-refractivity contribution < 1.29 is 8.42 Å². The van der Waals surface area contributed by atoms with Crippen molar-refractivity contribution in [3.63, 3.8) is 0 Å². The van der Waals surface area contributed by atoms with E-state index >= 15 is 0 Å². The number of hydrogen-bond donors (Lipinski definition) is 1. The number of nitrogens with one attached hydrogen (secondary N) is 1. The number of halogens is 4. The van der Waals surface area contributed by atoms with Crippen LogP contribution in [0.4, 0.5) is 5.82 Å². The Morgan fingerprint density at radius 3 is 2.30 bits per heavy atom. The monoisotopic (exact) mass is 462 g/mol. The van der Waals surface area contributed by atoms with Gasteiger partial charge in [0.2, 0.25) is 0 Å². The zero-order valence-electron chi connectivity index (χ0n) is 9.57. The highest BCUT2D eigenvalue weighted by Gasteiger charge is 2.20. The van der Waals surface area contributed by atoms with Gasteiger partial charge in [-0.05, 0) is 46.9 Å². The lowest BCUT2D eigenvalue weighted by Crippen LogP contribution is -2.14. The maximum absolute atomic E-state index is 12.2. The summed E-state index contributed by atoms with van der Waals surface area (Å²) < 4.78 is 27.7. The molecule has 0 bridgehead atoms. The predicted octanol–water partition coefficient (Wildman–Crippen LogP) is 4.45. The van der Waals surface area contributed by atoms with Gasteiger partial charge in [-0.1, -0.05) is 34.8 Å². The second-order valence-corrected chi connectivity index (χ2v) is 7.78. The molecule has 0 fully saturated rings. The third-order valence-corrected chi connectivity index (χ3v) is 5.41. The lowest BCUT2D eigenvalue weighted by molar-refractivity contribution is 0.601. The molecule has 0 aliphatic rings. The van der Waals surface area contributed by atoms with Gasteiger partial charge in [0.25, 0.3) is 10.0 Å². The summed E-state index contributed by atoms with van der Waals surface area (Å²) >= 11 is 19.5. The van der Waals surface area contributed by atoms with Crippen molar-refractivity contribution in [3.05, 3.63) is 49.1 Å². The minimum atomic E-state index is -3.89. The Labute approximate surface area is 144 Å². The molecule has 0 aliphatic heterocycles. The van der Waals surface area contributed by atoms with E-state index in [0.29, 0.717) is 0 Å². The van der Waals surface area contributed by atoms with Crippen molar-refractivity contribution in [1.82, 2.24) is 4.98 Å². The fraction of sp³-hybridized carbons (Fsp3) is 0. The Morgan fingerprint density at radius 1 is 1.05 bits per heavy atom. The van der Waals surface area contributed by atoms with E-state index in [4.69, 9.17) is 34.8 Å². The van der Waals surface area contributed by atoms with Gasteiger partial charge in [0, 0.05) is 9.77 Å². The van der Waals surface area contributed by atoms with Crippen LogP contribution < -0.4 is 4.72 Å². The van der Waals surface area contributed by atoms with Crippen molar-refractivity contribution in [2.24, 2.45) is 0 Å². The van der Waals surface area contributed by atoms with Crippen molar-refractivity contribution in [2.45, 2.75) is 4.90 Å². The first kappa shape index (κ1) is 16.1. The van der Waals surface area contributed by atoms with Crippen molar-refractivity contribution in [1.29, 1.82) is 0 Å². The average Bonchev–Trinajstić information content (AvgIpc) is 2.36. The van der Waals surface area contributed by atoms with Crippen LogP contribution in [0.5, 0.6) is 0 Å². The van der Waals surface area contributed by atoms with Crippen LogP contribution in [0.25, 0.3) is 0 Å². The molecule has 0 radical (unpaired) electrons. The standard InChI is InChI=1S/C11H6Cl3IN2O2S/c12-7-3-9(14)10(4-8(7)13)20(18,19)17-11-2-1-6(15)5-16-11/h1-5H,(H,16,17). The number of sulfonamides is 1. The second-order valence-electron chi connectivity index (χ2n) is 3.66. The van der Waals surface area contributed by atoms with E-state index in [0.717, 1.165) is 3.57 Å². The molecule has 1 aromatic heterocycles. The molecule has 20 heavy (non-hydrogen) atoms. The summed E-state index contributed by atoms with van der Waals surface area (Å²) in [5.74, 6) is 0.188. The summed E-state index contributed by atoms with van der Waals surface area (Å²) in [5.41, 5.74) is 0. The van der Waals surface area contributed by atoms with E-state index in [2.05, 4.69) is 32.3 Å². The third-order valence-electron chi connectivity index (χ3n) is 2.23. The summed E-state index contributed by atoms with van der Waals surface area (Å²) in [7, 11) is -3.89. The molecule has 0 saturated heterocycles. The largest absolute Gasteiger partial charge is 0.264 e. The molecule has 1 aromatic carbocycles. The molecular weight excluding hydrogens is 457 g/mol. The highest BCUT2D eigenvalue weighted by Crippen LogP contribution is 2.32. The van der Waals surface area contributed by atoms with Gasteiger partial charge < -0.3 is 0 Å². The predicted molar refractivity (Wildman–Crippen MR) is 89.2 cm³/mol. The molecule has 106 valence electrons. The normalized spacial score (nSPS) is 11.4. The van der Waals surface area contributed by atoms with Crippen LogP contribution in [0.15, 0.2) is 35.4 Å². The summed E-state index contributed by atoms with van der Waals surface area (Å²) in [4.78, 5) is 3.80. The van der Waals surface area contributed by atoms with Crippen LogP contribution in [-0.2, 0) is 10.0 Å². The first-order chi connectivity index (χ1) is 9.29. The van der Waals surface area contributed by atoms with E-state index in [1.54, 1.807) is 12.1 Å². The van der Waals surface area contributed by atoms with Crippen LogP contribution in [0, 0.1) is 3.57 Å². The van der Waals surface area contributed by atoms with Crippen LogP contribution in [-0.4, -0.2) is 13.4 Å². The second kappa shape index (κ2) is 6.23. The SMILES string of the molecule is O=S(=O)(Nc1ccc(I)cn1)c1cc(Cl)c(Cl)cc1Cl. The Bertz CT molecular complexity index is 751. The number of hydrogen-bond acceptors (Lipinski definition) is 3. The summed E-state index contributed by atoms with van der Waals surface area (Å²) in [5, 5.41) is 0.271. The first-order valence-electron chi connectivity index (χ1n) is 5.08. The van der Waals surface area contributed by atoms with Gasteiger partial charge in [-0.2, -0.15) is 0 Å². The van der Waals surface area contributed by atoms with Gasteiger partial charge in [0.05, 0.1) is 15.1 Å². The van der Waals surface area contributed by atoms with Gasteiger partial charge in [-0.15, -0.1) is 0 Å². The third kappa shape index (κ3) is 3.67. The number of rotatable bonds is 3. The molecule has 4 nitrogen and oxygen atoms in total. The molecule has 1 N–H and O–H groups in total. The molecule has 0 aliphatic carbocycles. The van der Waals surface area contributed by atoms with Gasteiger partial charge in [-0.3, -0.25) is 4.72 Å². The lowest BCUT2D eigenvalue weighted by atomic mass is 10.4. The molecule has 0 spiro atoms. The number of pyridine rings is 1. The van der Waals surface area contributed by atoms with Crippen LogP contribution in [0.3, 0.4) is 0 Å². The number of aromatic nitrogens is 1. The Morgan fingerprint density at radius 2 is 1.70 bits per heavy atom. The lowest BCUT2D eigenvalue weighted by Gasteiger charge is -2.10. The zero-order chi connectivity index (χ0) is 14.9. The fourth-order valence-electron chi connectivity index (χ4n) is 1.34. The topological polar surface area (TPSA) is 59.1 Å². The molecule has 0 saturated carbocycles. The molecule has 1 heterocycles. The van der Waals surface area contributed by atoms with Crippen LogP contribution in [0.2, 0.25) is 15.1 Å². The molecule has 2 rings (SSSR count). The Balaban J connectivity index is 2.40. The van der Waals surface area contributed by atoms with Crippen molar-refractivity contribution in [2.75, 3.05) is 4.72 Å². The molecule has 2 aromatic rings. The number of nitrogens with zero attached hydrogens (tertiary/aromatic N) is 1. The quantitative estimate of drug-likeness (QED) is 0.541. The van der Waals surface area contributed by atoms with Gasteiger partial charge >= 0.3 is 0 Å². The molecule has 0 amide bonds. The van der Waals surface area contributed by atoms with Gasteiger partial charge in [-0.25, -0.2) is 13.4 Å². The summed E-state index contributed by atoms with van der Waals surface area (Å²) in [6.07, 6.45) is 1.54. The van der Waals surface area contributed by atoms with Crippen molar-refractivity contribution >= 4 is 73.2 Å². The Kier molecular flexibility index (Phi) is 5.01. The highest BCUT2D eigenvalue weighted by atomic mass is 127. The maximum Gasteiger partial charge on any atom is 0.264 e.